The summed E-state index contributed by atoms with van der Waals surface area (Å²) in [6, 6.07) is 1.87. The van der Waals surface area contributed by atoms with Crippen molar-refractivity contribution in [2.24, 2.45) is 17.3 Å². The van der Waals surface area contributed by atoms with E-state index in [0.717, 1.165) is 23.4 Å². The Morgan fingerprint density at radius 3 is 2.62 bits per heavy atom. The second-order valence-corrected chi connectivity index (χ2v) is 13.0. The van der Waals surface area contributed by atoms with Gasteiger partial charge in [0, 0.05) is 47.3 Å². The van der Waals surface area contributed by atoms with Gasteiger partial charge in [-0.3, -0.25) is 4.79 Å². The average Bonchev–Trinajstić information content (AvgIpc) is 3.71. The molecule has 2 bridgehead atoms. The molecule has 2 spiro atoms. The van der Waals surface area contributed by atoms with E-state index in [2.05, 4.69) is 11.6 Å². The van der Waals surface area contributed by atoms with Crippen molar-refractivity contribution in [3.05, 3.63) is 47.1 Å². The van der Waals surface area contributed by atoms with Crippen molar-refractivity contribution in [2.75, 3.05) is 20.3 Å². The number of carboxylic acid groups (broad SMARTS) is 1. The first-order valence-electron chi connectivity index (χ1n) is 15.8. The zero-order valence-electron chi connectivity index (χ0n) is 25.4. The number of methoxy groups -OCH3 is 1. The van der Waals surface area contributed by atoms with Crippen LogP contribution in [0.1, 0.15) is 57.8 Å². The largest absolute Gasteiger partial charge is 0.481 e. The highest BCUT2D eigenvalue weighted by Crippen LogP contribution is 2.57. The third kappa shape index (κ3) is 4.80. The molecule has 1 aromatic heterocycles. The molecule has 8 unspecified atom stereocenters. The molecule has 0 amide bonds. The topological polar surface area (TPSA) is 188 Å². The lowest BCUT2D eigenvalue weighted by Gasteiger charge is -2.61. The molecule has 3 aliphatic carbocycles. The van der Waals surface area contributed by atoms with E-state index in [1.54, 1.807) is 18.3 Å². The maximum atomic E-state index is 13.0. The smallest absolute Gasteiger partial charge is 0.333 e. The highest BCUT2D eigenvalue weighted by Gasteiger charge is 2.70. The molecule has 5 aliphatic rings. The van der Waals surface area contributed by atoms with Crippen LogP contribution in [-0.2, 0) is 28.5 Å². The molecule has 6 N–H and O–H groups in total. The van der Waals surface area contributed by atoms with Gasteiger partial charge < -0.3 is 49.5 Å². The van der Waals surface area contributed by atoms with Gasteiger partial charge in [-0.15, -0.1) is 6.58 Å². The van der Waals surface area contributed by atoms with Crippen LogP contribution in [0.2, 0.25) is 0 Å². The van der Waals surface area contributed by atoms with Gasteiger partial charge in [0.1, 0.15) is 23.6 Å². The normalized spacial score (nSPS) is 36.5. The number of hydrogen-bond acceptors (Lipinski definition) is 10. The fraction of sp³-hybridized carbons (Fsp3) is 0.636. The van der Waals surface area contributed by atoms with Crippen LogP contribution in [0.15, 0.2) is 36.6 Å². The number of hydrogen-bond donors (Lipinski definition) is 6. The molecule has 246 valence electrons. The summed E-state index contributed by atoms with van der Waals surface area (Å²) >= 11 is 0. The first kappa shape index (κ1) is 32.0. The van der Waals surface area contributed by atoms with Crippen LogP contribution in [0.25, 0.3) is 11.3 Å². The van der Waals surface area contributed by atoms with E-state index in [1.165, 1.54) is 7.11 Å². The fourth-order valence-electron chi connectivity index (χ4n) is 8.73. The number of H-pyrrole nitrogens is 1. The number of esters is 1. The Labute approximate surface area is 260 Å². The summed E-state index contributed by atoms with van der Waals surface area (Å²) in [5.74, 6) is -2.70. The maximum Gasteiger partial charge on any atom is 0.333 e. The van der Waals surface area contributed by atoms with Gasteiger partial charge in [-0.1, -0.05) is 25.0 Å². The minimum Gasteiger partial charge on any atom is -0.481 e. The van der Waals surface area contributed by atoms with Gasteiger partial charge in [0.25, 0.3) is 0 Å². The number of nitrogens with one attached hydrogen (secondary N) is 1. The van der Waals surface area contributed by atoms with Gasteiger partial charge in [0.2, 0.25) is 0 Å². The zero-order valence-corrected chi connectivity index (χ0v) is 25.4. The Hall–Kier alpha value is -3.00. The van der Waals surface area contributed by atoms with Crippen molar-refractivity contribution in [3.8, 4) is 0 Å². The second-order valence-electron chi connectivity index (χ2n) is 13.0. The molecule has 12 nitrogen and oxygen atoms in total. The van der Waals surface area contributed by atoms with Crippen LogP contribution in [0.5, 0.6) is 0 Å². The van der Waals surface area contributed by atoms with E-state index in [4.69, 9.17) is 18.9 Å². The predicted molar refractivity (Wildman–Crippen MR) is 158 cm³/mol. The molecule has 8 atom stereocenters. The summed E-state index contributed by atoms with van der Waals surface area (Å²) in [7, 11) is 1.26. The molecule has 45 heavy (non-hydrogen) atoms. The highest BCUT2D eigenvalue weighted by atomic mass is 16.7. The van der Waals surface area contributed by atoms with Crippen molar-refractivity contribution in [1.82, 2.24) is 4.98 Å². The molecular weight excluding hydrogens is 586 g/mol. The molecule has 0 radical (unpaired) electrons. The summed E-state index contributed by atoms with van der Waals surface area (Å²) in [4.78, 5) is 28.1. The molecule has 2 saturated carbocycles. The van der Waals surface area contributed by atoms with Crippen LogP contribution >= 0.6 is 0 Å². The number of carbonyl (C=O) groups excluding carboxylic acids is 1. The molecular formula is C33H43NO11. The minimum absolute atomic E-state index is 0.0638. The molecule has 3 heterocycles. The number of fused-ring (bicyclic) bond motifs is 2. The van der Waals surface area contributed by atoms with Crippen LogP contribution in [0.4, 0.5) is 0 Å². The molecule has 2 aliphatic heterocycles. The second kappa shape index (κ2) is 12.0. The van der Waals surface area contributed by atoms with Gasteiger partial charge in [-0.2, -0.15) is 0 Å². The summed E-state index contributed by atoms with van der Waals surface area (Å²) in [6.07, 6.45) is 4.01. The average molecular weight is 630 g/mol. The Bertz CT molecular complexity index is 1490. The summed E-state index contributed by atoms with van der Waals surface area (Å²) in [5, 5.41) is 56.0. The number of aromatic amines is 1. The molecule has 0 aromatic carbocycles. The fourth-order valence-corrected chi connectivity index (χ4v) is 8.73. The predicted octanol–water partition coefficient (Wildman–Crippen LogP) is 0.370. The van der Waals surface area contributed by atoms with Crippen LogP contribution in [0.3, 0.4) is 0 Å². The van der Waals surface area contributed by atoms with E-state index in [9.17, 15) is 35.1 Å². The number of aliphatic hydroxyl groups is 4. The SMILES string of the molecule is C=CC1C(CC(=O)O)C(C(=O)OC)=CC2(CCCC2)C1OC1OC(CO)C23OC(CCCO)=c4[nH]ccc4=C2CCC1(O)C3O. The number of aliphatic carboxylic acids is 1. The molecule has 1 aromatic rings. The van der Waals surface area contributed by atoms with E-state index >= 15 is 0 Å². The monoisotopic (exact) mass is 629 g/mol. The minimum atomic E-state index is -1.97. The standard InChI is InChI=1S/C33H43NO11/c1-3-18-20(15-25(37)38)21(28(39)42-2)16-31(10-4-5-11-31)27(18)44-30-32(41)12-8-22-19-9-13-34-26(19)23(7-6-14-35)45-33(22,29(32)40)24(17-36)43-30/h3,9,13,16,18,20,24,27,29-30,34-36,40-41H,1,4-8,10-12,14-15,17H2,2H3,(H,37,38). The lowest BCUT2D eigenvalue weighted by atomic mass is 9.62. The number of aliphatic hydroxyl groups excluding tert-OH is 3. The third-order valence-electron chi connectivity index (χ3n) is 10.8. The van der Waals surface area contributed by atoms with Gasteiger partial charge in [0.15, 0.2) is 11.9 Å². The van der Waals surface area contributed by atoms with Gasteiger partial charge in [-0.05, 0) is 43.7 Å². The molecule has 12 heteroatoms. The molecule has 1 saturated heterocycles. The van der Waals surface area contributed by atoms with Crippen molar-refractivity contribution in [3.63, 3.8) is 0 Å². The number of ether oxygens (including phenoxy) is 4. The lowest BCUT2D eigenvalue weighted by molar-refractivity contribution is -0.378. The first-order chi connectivity index (χ1) is 21.6. The van der Waals surface area contributed by atoms with Crippen molar-refractivity contribution >= 4 is 23.3 Å². The Balaban J connectivity index is 1.42. The van der Waals surface area contributed by atoms with Crippen molar-refractivity contribution in [1.29, 1.82) is 0 Å². The van der Waals surface area contributed by atoms with E-state index in [-0.39, 0.29) is 25.0 Å². The summed E-state index contributed by atoms with van der Waals surface area (Å²) in [5.41, 5.74) is -3.32. The quantitative estimate of drug-likeness (QED) is 0.155. The van der Waals surface area contributed by atoms with E-state index < -0.39 is 71.6 Å². The van der Waals surface area contributed by atoms with Crippen LogP contribution < -0.4 is 10.6 Å². The number of carbonyl (C=O) groups is 2. The maximum absolute atomic E-state index is 13.0. The lowest BCUT2D eigenvalue weighted by Crippen LogP contribution is -2.78. The Morgan fingerprint density at radius 1 is 1.22 bits per heavy atom. The first-order valence-corrected chi connectivity index (χ1v) is 15.8. The third-order valence-corrected chi connectivity index (χ3v) is 10.8. The number of carboxylic acids is 1. The molecule has 6 rings (SSSR count). The number of rotatable bonds is 10. The molecule has 3 fully saturated rings. The van der Waals surface area contributed by atoms with Crippen LogP contribution in [0, 0.1) is 17.3 Å². The van der Waals surface area contributed by atoms with Gasteiger partial charge >= 0.3 is 11.9 Å². The van der Waals surface area contributed by atoms with Crippen molar-refractivity contribution < 1.29 is 54.1 Å². The number of aromatic nitrogens is 1. The van der Waals surface area contributed by atoms with E-state index in [0.29, 0.717) is 43.4 Å². The van der Waals surface area contributed by atoms with Crippen molar-refractivity contribution in [2.45, 2.75) is 93.6 Å². The summed E-state index contributed by atoms with van der Waals surface area (Å²) in [6.45, 7) is 3.37. The van der Waals surface area contributed by atoms with Crippen LogP contribution in [-0.4, -0.2) is 98.6 Å². The Morgan fingerprint density at radius 2 is 1.98 bits per heavy atom. The highest BCUT2D eigenvalue weighted by molar-refractivity contribution is 5.90. The Kier molecular flexibility index (Phi) is 8.51. The van der Waals surface area contributed by atoms with Gasteiger partial charge in [0.05, 0.1) is 31.6 Å². The summed E-state index contributed by atoms with van der Waals surface area (Å²) < 4.78 is 24.8. The zero-order chi connectivity index (χ0) is 32.1. The van der Waals surface area contributed by atoms with Gasteiger partial charge in [-0.25, -0.2) is 4.79 Å². The van der Waals surface area contributed by atoms with E-state index in [1.807, 2.05) is 6.07 Å².